The average molecular weight is 263 g/mol. The van der Waals surface area contributed by atoms with Gasteiger partial charge in [-0.3, -0.25) is 9.69 Å². The fourth-order valence-electron chi connectivity index (χ4n) is 2.71. The van der Waals surface area contributed by atoms with Crippen LogP contribution in [0.2, 0.25) is 0 Å². The lowest BCUT2D eigenvalue weighted by atomic mass is 10.00. The molecule has 4 heteroatoms. The standard InChI is InChI=1S/C15H21NO3/c1-19-11-12-6-5-7-13(10-12)14(15(17)18)16-8-3-2-4-9-16/h5-7,10,14H,2-4,8-9,11H2,1H3,(H,17,18). The molecule has 0 amide bonds. The van der Waals surface area contributed by atoms with Gasteiger partial charge in [0.05, 0.1) is 6.61 Å². The molecule has 104 valence electrons. The molecule has 0 saturated carbocycles. The van der Waals surface area contributed by atoms with Crippen molar-refractivity contribution in [2.45, 2.75) is 31.9 Å². The summed E-state index contributed by atoms with van der Waals surface area (Å²) in [7, 11) is 1.64. The van der Waals surface area contributed by atoms with Crippen molar-refractivity contribution in [3.8, 4) is 0 Å². The van der Waals surface area contributed by atoms with Crippen LogP contribution in [0.5, 0.6) is 0 Å². The van der Waals surface area contributed by atoms with Crippen molar-refractivity contribution in [3.05, 3.63) is 35.4 Å². The van der Waals surface area contributed by atoms with E-state index in [1.165, 1.54) is 6.42 Å². The molecular weight excluding hydrogens is 242 g/mol. The van der Waals surface area contributed by atoms with Gasteiger partial charge in [-0.2, -0.15) is 0 Å². The van der Waals surface area contributed by atoms with Crippen LogP contribution in [0.4, 0.5) is 0 Å². The molecular formula is C15H21NO3. The molecule has 0 aromatic heterocycles. The number of nitrogens with zero attached hydrogens (tertiary/aromatic N) is 1. The first-order chi connectivity index (χ1) is 9.22. The monoisotopic (exact) mass is 263 g/mol. The number of hydrogen-bond acceptors (Lipinski definition) is 3. The Morgan fingerprint density at radius 1 is 1.37 bits per heavy atom. The number of aliphatic carboxylic acids is 1. The minimum atomic E-state index is -0.767. The number of benzene rings is 1. The second-order valence-corrected chi connectivity index (χ2v) is 5.02. The van der Waals surface area contributed by atoms with E-state index in [0.29, 0.717) is 6.61 Å². The predicted molar refractivity (Wildman–Crippen MR) is 73.0 cm³/mol. The van der Waals surface area contributed by atoms with Gasteiger partial charge < -0.3 is 9.84 Å². The molecule has 0 spiro atoms. The summed E-state index contributed by atoms with van der Waals surface area (Å²) >= 11 is 0. The van der Waals surface area contributed by atoms with Gasteiger partial charge in [-0.15, -0.1) is 0 Å². The fourth-order valence-corrected chi connectivity index (χ4v) is 2.71. The summed E-state index contributed by atoms with van der Waals surface area (Å²) in [5, 5.41) is 9.53. The SMILES string of the molecule is COCc1cccc(C(C(=O)O)N2CCCCC2)c1. The van der Waals surface area contributed by atoms with E-state index in [9.17, 15) is 9.90 Å². The third-order valence-electron chi connectivity index (χ3n) is 3.57. The van der Waals surface area contributed by atoms with Crippen molar-refractivity contribution >= 4 is 5.97 Å². The summed E-state index contributed by atoms with van der Waals surface area (Å²) < 4.78 is 5.11. The van der Waals surface area contributed by atoms with Crippen molar-refractivity contribution in [3.63, 3.8) is 0 Å². The molecule has 1 aromatic carbocycles. The molecule has 1 saturated heterocycles. The lowest BCUT2D eigenvalue weighted by Gasteiger charge is -2.32. The predicted octanol–water partition coefficient (Wildman–Crippen LogP) is 2.44. The van der Waals surface area contributed by atoms with Gasteiger partial charge in [-0.1, -0.05) is 30.7 Å². The van der Waals surface area contributed by atoms with E-state index in [0.717, 1.165) is 37.1 Å². The minimum absolute atomic E-state index is 0.514. The van der Waals surface area contributed by atoms with E-state index in [4.69, 9.17) is 4.74 Å². The number of carbonyl (C=O) groups is 1. The van der Waals surface area contributed by atoms with E-state index in [-0.39, 0.29) is 0 Å². The maximum Gasteiger partial charge on any atom is 0.325 e. The van der Waals surface area contributed by atoms with Crippen LogP contribution in [0, 0.1) is 0 Å². The summed E-state index contributed by atoms with van der Waals surface area (Å²) in [5.74, 6) is -0.767. The molecule has 19 heavy (non-hydrogen) atoms. The number of rotatable bonds is 5. The molecule has 1 N–H and O–H groups in total. The lowest BCUT2D eigenvalue weighted by molar-refractivity contribution is -0.144. The normalized spacial score (nSPS) is 18.2. The summed E-state index contributed by atoms with van der Waals surface area (Å²) in [6.45, 7) is 2.25. The van der Waals surface area contributed by atoms with Gasteiger partial charge in [0.1, 0.15) is 6.04 Å². The van der Waals surface area contributed by atoms with Crippen LogP contribution >= 0.6 is 0 Å². The zero-order valence-corrected chi connectivity index (χ0v) is 11.3. The van der Waals surface area contributed by atoms with Crippen LogP contribution in [0.1, 0.15) is 36.4 Å². The molecule has 0 aliphatic carbocycles. The first kappa shape index (κ1) is 14.0. The molecule has 1 atom stereocenters. The van der Waals surface area contributed by atoms with Gasteiger partial charge in [-0.05, 0) is 37.1 Å². The van der Waals surface area contributed by atoms with Gasteiger partial charge >= 0.3 is 5.97 Å². The number of likely N-dealkylation sites (tertiary alicyclic amines) is 1. The summed E-state index contributed by atoms with van der Waals surface area (Å²) in [4.78, 5) is 13.7. The molecule has 1 fully saturated rings. The molecule has 1 unspecified atom stereocenters. The van der Waals surface area contributed by atoms with Gasteiger partial charge in [0.2, 0.25) is 0 Å². The molecule has 4 nitrogen and oxygen atoms in total. The molecule has 1 heterocycles. The molecule has 1 aliphatic heterocycles. The number of carboxylic acid groups (broad SMARTS) is 1. The molecule has 0 bridgehead atoms. The third kappa shape index (κ3) is 3.55. The number of piperidine rings is 1. The van der Waals surface area contributed by atoms with Crippen molar-refractivity contribution in [1.82, 2.24) is 4.90 Å². The quantitative estimate of drug-likeness (QED) is 0.886. The van der Waals surface area contributed by atoms with E-state index >= 15 is 0 Å². The van der Waals surface area contributed by atoms with Gasteiger partial charge in [0.25, 0.3) is 0 Å². The second-order valence-electron chi connectivity index (χ2n) is 5.02. The minimum Gasteiger partial charge on any atom is -0.480 e. The van der Waals surface area contributed by atoms with Crippen LogP contribution in [-0.2, 0) is 16.1 Å². The zero-order valence-electron chi connectivity index (χ0n) is 11.3. The van der Waals surface area contributed by atoms with Crippen molar-refractivity contribution in [2.75, 3.05) is 20.2 Å². The molecule has 0 radical (unpaired) electrons. The lowest BCUT2D eigenvalue weighted by Crippen LogP contribution is -2.37. The highest BCUT2D eigenvalue weighted by Gasteiger charge is 2.28. The van der Waals surface area contributed by atoms with E-state index in [1.807, 2.05) is 24.3 Å². The number of hydrogen-bond donors (Lipinski definition) is 1. The number of methoxy groups -OCH3 is 1. The van der Waals surface area contributed by atoms with Crippen molar-refractivity contribution in [1.29, 1.82) is 0 Å². The topological polar surface area (TPSA) is 49.8 Å². The van der Waals surface area contributed by atoms with Crippen LogP contribution in [0.25, 0.3) is 0 Å². The maximum atomic E-state index is 11.6. The Balaban J connectivity index is 2.22. The van der Waals surface area contributed by atoms with Gasteiger partial charge in [0.15, 0.2) is 0 Å². The summed E-state index contributed by atoms with van der Waals surface area (Å²) in [6, 6.07) is 7.17. The van der Waals surface area contributed by atoms with Gasteiger partial charge in [-0.25, -0.2) is 0 Å². The highest BCUT2D eigenvalue weighted by Crippen LogP contribution is 2.25. The van der Waals surface area contributed by atoms with Crippen molar-refractivity contribution in [2.24, 2.45) is 0 Å². The second kappa shape index (κ2) is 6.68. The average Bonchev–Trinajstić information content (AvgIpc) is 2.40. The Morgan fingerprint density at radius 3 is 2.74 bits per heavy atom. The highest BCUT2D eigenvalue weighted by atomic mass is 16.5. The highest BCUT2D eigenvalue weighted by molar-refractivity contribution is 5.75. The Kier molecular flexibility index (Phi) is 4.93. The van der Waals surface area contributed by atoms with Gasteiger partial charge in [0, 0.05) is 7.11 Å². The Hall–Kier alpha value is -1.39. The van der Waals surface area contributed by atoms with Crippen molar-refractivity contribution < 1.29 is 14.6 Å². The Bertz CT molecular complexity index is 427. The smallest absolute Gasteiger partial charge is 0.325 e. The fraction of sp³-hybridized carbons (Fsp3) is 0.533. The molecule has 1 aromatic rings. The van der Waals surface area contributed by atoms with Crippen LogP contribution < -0.4 is 0 Å². The third-order valence-corrected chi connectivity index (χ3v) is 3.57. The summed E-state index contributed by atoms with van der Waals surface area (Å²) in [5.41, 5.74) is 1.87. The summed E-state index contributed by atoms with van der Waals surface area (Å²) in [6.07, 6.45) is 3.37. The van der Waals surface area contributed by atoms with E-state index < -0.39 is 12.0 Å². The van der Waals surface area contributed by atoms with Crippen LogP contribution in [0.3, 0.4) is 0 Å². The van der Waals surface area contributed by atoms with E-state index in [1.54, 1.807) is 7.11 Å². The molecule has 1 aliphatic rings. The van der Waals surface area contributed by atoms with Crippen LogP contribution in [-0.4, -0.2) is 36.2 Å². The van der Waals surface area contributed by atoms with Crippen LogP contribution in [0.15, 0.2) is 24.3 Å². The maximum absolute atomic E-state index is 11.6. The largest absolute Gasteiger partial charge is 0.480 e. The first-order valence-electron chi connectivity index (χ1n) is 6.77. The van der Waals surface area contributed by atoms with E-state index in [2.05, 4.69) is 4.90 Å². The first-order valence-corrected chi connectivity index (χ1v) is 6.77. The number of carboxylic acids is 1. The Labute approximate surface area is 114 Å². The zero-order chi connectivity index (χ0) is 13.7. The Morgan fingerprint density at radius 2 is 2.11 bits per heavy atom. The number of ether oxygens (including phenoxy) is 1. The molecule has 2 rings (SSSR count).